The normalized spacial score (nSPS) is 22.9. The molecular weight excluding hydrogens is 428 g/mol. The number of unbranched alkanes of at least 4 members (excludes halogenated alkanes) is 3. The van der Waals surface area contributed by atoms with Crippen LogP contribution in [-0.4, -0.2) is 12.7 Å². The highest BCUT2D eigenvalue weighted by Crippen LogP contribution is 2.40. The summed E-state index contributed by atoms with van der Waals surface area (Å²) >= 11 is 0. The fourth-order valence-electron chi connectivity index (χ4n) is 5.68. The van der Waals surface area contributed by atoms with Gasteiger partial charge in [0.1, 0.15) is 5.82 Å². The van der Waals surface area contributed by atoms with Gasteiger partial charge in [0, 0.05) is 12.2 Å². The van der Waals surface area contributed by atoms with Crippen LogP contribution in [0.15, 0.2) is 24.3 Å². The first kappa shape index (κ1) is 24.3. The van der Waals surface area contributed by atoms with E-state index in [1.165, 1.54) is 19.3 Å². The minimum absolute atomic E-state index is 0.0295. The van der Waals surface area contributed by atoms with E-state index in [1.54, 1.807) is 6.07 Å². The summed E-state index contributed by atoms with van der Waals surface area (Å²) in [5.41, 5.74) is 1.78. The van der Waals surface area contributed by atoms with E-state index in [9.17, 15) is 13.2 Å². The van der Waals surface area contributed by atoms with Crippen molar-refractivity contribution in [2.24, 2.45) is 11.8 Å². The molecule has 0 aromatic heterocycles. The lowest BCUT2D eigenvalue weighted by Crippen LogP contribution is -2.29. The van der Waals surface area contributed by atoms with Crippen molar-refractivity contribution >= 4 is 0 Å². The number of halogens is 4. The van der Waals surface area contributed by atoms with Gasteiger partial charge in [-0.2, -0.15) is 0 Å². The molecule has 33 heavy (non-hydrogen) atoms. The average Bonchev–Trinajstić information content (AvgIpc) is 2.82. The second-order valence-electron chi connectivity index (χ2n) is 9.79. The van der Waals surface area contributed by atoms with Gasteiger partial charge in [-0.1, -0.05) is 38.3 Å². The van der Waals surface area contributed by atoms with Crippen molar-refractivity contribution < 1.29 is 22.3 Å². The quantitative estimate of drug-likeness (QED) is 0.218. The molecule has 5 heteroatoms. The highest BCUT2D eigenvalue weighted by molar-refractivity contribution is 5.66. The molecule has 1 atom stereocenters. The molecule has 0 heterocycles. The number of benzene rings is 2. The summed E-state index contributed by atoms with van der Waals surface area (Å²) in [5.74, 6) is -3.39. The monoisotopic (exact) mass is 462 g/mol. The molecule has 180 valence electrons. The van der Waals surface area contributed by atoms with Gasteiger partial charge in [0.05, 0.1) is 6.10 Å². The Hall–Kier alpha value is -1.88. The van der Waals surface area contributed by atoms with Gasteiger partial charge in [-0.15, -0.1) is 0 Å². The summed E-state index contributed by atoms with van der Waals surface area (Å²) in [4.78, 5) is 0. The lowest BCUT2D eigenvalue weighted by Gasteiger charge is -2.36. The summed E-state index contributed by atoms with van der Waals surface area (Å²) in [5, 5.41) is 0. The molecule has 2 aromatic rings. The molecule has 0 spiro atoms. The van der Waals surface area contributed by atoms with Crippen molar-refractivity contribution in [3.63, 3.8) is 0 Å². The fraction of sp³-hybridized carbons (Fsp3) is 0.571. The first-order chi connectivity index (χ1) is 16.0. The third-order valence-electron chi connectivity index (χ3n) is 7.62. The molecule has 0 N–H and O–H groups in total. The molecule has 4 rings (SSSR count). The van der Waals surface area contributed by atoms with Crippen LogP contribution in [0.4, 0.5) is 17.6 Å². The third kappa shape index (κ3) is 5.62. The Morgan fingerprint density at radius 2 is 1.55 bits per heavy atom. The van der Waals surface area contributed by atoms with E-state index in [0.717, 1.165) is 69.2 Å². The minimum Gasteiger partial charge on any atom is -0.378 e. The maximum Gasteiger partial charge on any atom is 0.194 e. The van der Waals surface area contributed by atoms with Crippen molar-refractivity contribution in [3.8, 4) is 11.1 Å². The average molecular weight is 463 g/mol. The highest BCUT2D eigenvalue weighted by atomic mass is 19.2. The van der Waals surface area contributed by atoms with Crippen LogP contribution in [0.2, 0.25) is 0 Å². The largest absolute Gasteiger partial charge is 0.378 e. The van der Waals surface area contributed by atoms with Gasteiger partial charge in [0.25, 0.3) is 0 Å². The van der Waals surface area contributed by atoms with E-state index in [4.69, 9.17) is 4.74 Å². The van der Waals surface area contributed by atoms with Crippen molar-refractivity contribution in [3.05, 3.63) is 58.7 Å². The van der Waals surface area contributed by atoms with E-state index < -0.39 is 23.3 Å². The Kier molecular flexibility index (Phi) is 8.11. The van der Waals surface area contributed by atoms with Crippen LogP contribution in [0.3, 0.4) is 0 Å². The van der Waals surface area contributed by atoms with E-state index >= 15 is 4.39 Å². The molecule has 1 nitrogen and oxygen atoms in total. The zero-order chi connectivity index (χ0) is 23.4. The summed E-state index contributed by atoms with van der Waals surface area (Å²) in [7, 11) is 0. The maximum atomic E-state index is 15.3. The van der Waals surface area contributed by atoms with Gasteiger partial charge in [0.2, 0.25) is 0 Å². The summed E-state index contributed by atoms with van der Waals surface area (Å²) in [6.45, 7) is 3.09. The Balaban J connectivity index is 1.36. The molecule has 2 aromatic carbocycles. The lowest BCUT2D eigenvalue weighted by molar-refractivity contribution is 0.00834. The molecule has 2 aliphatic carbocycles. The van der Waals surface area contributed by atoms with Crippen LogP contribution in [0, 0.1) is 35.1 Å². The van der Waals surface area contributed by atoms with Gasteiger partial charge in [-0.05, 0) is 92.0 Å². The van der Waals surface area contributed by atoms with E-state index in [0.29, 0.717) is 29.9 Å². The molecule has 1 unspecified atom stereocenters. The summed E-state index contributed by atoms with van der Waals surface area (Å²) in [6.07, 6.45) is 12.2. The molecule has 1 fully saturated rings. The zero-order valence-corrected chi connectivity index (χ0v) is 19.4. The van der Waals surface area contributed by atoms with Crippen LogP contribution in [0.25, 0.3) is 11.1 Å². The van der Waals surface area contributed by atoms with Crippen molar-refractivity contribution in [2.75, 3.05) is 6.61 Å². The summed E-state index contributed by atoms with van der Waals surface area (Å²) in [6, 6.07) is 5.18. The first-order valence-electron chi connectivity index (χ1n) is 12.5. The second-order valence-corrected chi connectivity index (χ2v) is 9.79. The predicted molar refractivity (Wildman–Crippen MR) is 123 cm³/mol. The van der Waals surface area contributed by atoms with Crippen molar-refractivity contribution in [1.29, 1.82) is 0 Å². The van der Waals surface area contributed by atoms with Crippen molar-refractivity contribution in [2.45, 2.75) is 83.7 Å². The molecular formula is C28H34F4O. The molecule has 2 aliphatic rings. The van der Waals surface area contributed by atoms with E-state index in [-0.39, 0.29) is 11.1 Å². The van der Waals surface area contributed by atoms with E-state index in [1.807, 2.05) is 6.07 Å². The smallest absolute Gasteiger partial charge is 0.194 e. The van der Waals surface area contributed by atoms with Crippen LogP contribution in [-0.2, 0) is 17.6 Å². The molecule has 0 aliphatic heterocycles. The first-order valence-corrected chi connectivity index (χ1v) is 12.5. The molecule has 0 bridgehead atoms. The third-order valence-corrected chi connectivity index (χ3v) is 7.62. The topological polar surface area (TPSA) is 9.23 Å². The second kappa shape index (κ2) is 11.0. The van der Waals surface area contributed by atoms with Gasteiger partial charge in [-0.25, -0.2) is 17.6 Å². The van der Waals surface area contributed by atoms with Gasteiger partial charge in [0.15, 0.2) is 17.5 Å². The van der Waals surface area contributed by atoms with Gasteiger partial charge in [-0.3, -0.25) is 0 Å². The molecule has 0 amide bonds. The van der Waals surface area contributed by atoms with Crippen molar-refractivity contribution in [1.82, 2.24) is 0 Å². The summed E-state index contributed by atoms with van der Waals surface area (Å²) < 4.78 is 62.0. The minimum atomic E-state index is -1.53. The zero-order valence-electron chi connectivity index (χ0n) is 19.4. The van der Waals surface area contributed by atoms with Gasteiger partial charge < -0.3 is 4.74 Å². The number of ether oxygens (including phenoxy) is 1. The Morgan fingerprint density at radius 3 is 2.24 bits per heavy atom. The number of fused-ring (bicyclic) bond motifs is 1. The maximum absolute atomic E-state index is 15.3. The molecule has 0 radical (unpaired) electrons. The highest BCUT2D eigenvalue weighted by Gasteiger charge is 2.32. The Labute approximate surface area is 194 Å². The molecule has 0 saturated heterocycles. The number of rotatable bonds is 8. The van der Waals surface area contributed by atoms with E-state index in [2.05, 4.69) is 6.92 Å². The number of hydrogen-bond donors (Lipinski definition) is 0. The predicted octanol–water partition coefficient (Wildman–Crippen LogP) is 8.17. The Morgan fingerprint density at radius 1 is 0.818 bits per heavy atom. The number of hydrogen-bond acceptors (Lipinski definition) is 1. The van der Waals surface area contributed by atoms with Crippen LogP contribution >= 0.6 is 0 Å². The lowest BCUT2D eigenvalue weighted by atomic mass is 9.71. The molecule has 1 saturated carbocycles. The fourth-order valence-corrected chi connectivity index (χ4v) is 5.68. The van der Waals surface area contributed by atoms with Gasteiger partial charge >= 0.3 is 0 Å². The van der Waals surface area contributed by atoms with Crippen LogP contribution < -0.4 is 0 Å². The standard InChI is InChI=1S/C28H34F4O/c1-2-3-4-5-14-33-22-10-6-18(7-11-22)19-8-12-23-20(15-19)9-13-24(27(23)31)21-16-25(29)28(32)26(30)17-21/h9,13,16-19,22H,2-8,10-12,14-15H2,1H3. The SMILES string of the molecule is CCCCCCOC1CCC(C2CCc3c(ccc(-c4cc(F)c(F)c(F)c4)c3F)C2)CC1. The van der Waals surface area contributed by atoms with Crippen LogP contribution in [0.5, 0.6) is 0 Å². The Bertz CT molecular complexity index is 926. The van der Waals surface area contributed by atoms with Crippen LogP contribution in [0.1, 0.15) is 75.8 Å².